The normalized spacial score (nSPS) is 11.9. The first kappa shape index (κ1) is 5.81. The van der Waals surface area contributed by atoms with Crippen molar-refractivity contribution in [3.05, 3.63) is 18.7 Å². The zero-order chi connectivity index (χ0) is 6.69. The van der Waals surface area contributed by atoms with Crippen LogP contribution in [0.25, 0.3) is 0 Å². The van der Waals surface area contributed by atoms with E-state index in [4.69, 9.17) is 5.21 Å². The molecule has 0 saturated heterocycles. The van der Waals surface area contributed by atoms with Crippen LogP contribution in [0.5, 0.6) is 0 Å². The van der Waals surface area contributed by atoms with Gasteiger partial charge in [0.15, 0.2) is 0 Å². The SMILES string of the molecule is CC(=NO)n1ccnc1. The van der Waals surface area contributed by atoms with E-state index < -0.39 is 0 Å². The Labute approximate surface area is 52.4 Å². The molecule has 1 aromatic rings. The molecule has 1 aromatic heterocycles. The van der Waals surface area contributed by atoms with Gasteiger partial charge in [0.1, 0.15) is 12.2 Å². The molecule has 0 spiro atoms. The number of aromatic nitrogens is 2. The first-order valence-electron chi connectivity index (χ1n) is 2.51. The third-order valence-electron chi connectivity index (χ3n) is 1.02. The summed E-state index contributed by atoms with van der Waals surface area (Å²) in [5, 5.41) is 11.2. The summed E-state index contributed by atoms with van der Waals surface area (Å²) in [5.41, 5.74) is 0. The molecule has 0 saturated carbocycles. The Morgan fingerprint density at radius 3 is 3.00 bits per heavy atom. The minimum atomic E-state index is 0.507. The second kappa shape index (κ2) is 2.30. The minimum absolute atomic E-state index is 0.507. The van der Waals surface area contributed by atoms with E-state index in [9.17, 15) is 0 Å². The number of imidazole rings is 1. The zero-order valence-electron chi connectivity index (χ0n) is 5.02. The van der Waals surface area contributed by atoms with E-state index in [1.807, 2.05) is 0 Å². The molecule has 0 aliphatic heterocycles. The second-order valence-electron chi connectivity index (χ2n) is 1.62. The van der Waals surface area contributed by atoms with Crippen molar-refractivity contribution in [3.63, 3.8) is 0 Å². The first-order chi connectivity index (χ1) is 4.34. The summed E-state index contributed by atoms with van der Waals surface area (Å²) < 4.78 is 1.61. The van der Waals surface area contributed by atoms with Gasteiger partial charge in [-0.15, -0.1) is 0 Å². The topological polar surface area (TPSA) is 50.4 Å². The molecule has 0 aliphatic carbocycles. The Balaban J connectivity index is 2.90. The third kappa shape index (κ3) is 1.07. The molecule has 0 aromatic carbocycles. The quantitative estimate of drug-likeness (QED) is 0.238. The van der Waals surface area contributed by atoms with Gasteiger partial charge in [-0.3, -0.25) is 4.57 Å². The summed E-state index contributed by atoms with van der Waals surface area (Å²) in [7, 11) is 0. The van der Waals surface area contributed by atoms with Gasteiger partial charge in [-0.25, -0.2) is 4.98 Å². The molecular formula is C5H7N3O. The summed E-state index contributed by atoms with van der Waals surface area (Å²) >= 11 is 0. The van der Waals surface area contributed by atoms with Gasteiger partial charge in [-0.05, 0) is 6.92 Å². The number of hydrogen-bond donors (Lipinski definition) is 1. The van der Waals surface area contributed by atoms with Gasteiger partial charge in [0.25, 0.3) is 0 Å². The molecule has 0 amide bonds. The van der Waals surface area contributed by atoms with Crippen LogP contribution in [0.1, 0.15) is 6.92 Å². The summed E-state index contributed by atoms with van der Waals surface area (Å²) in [5.74, 6) is 0.507. The van der Waals surface area contributed by atoms with Crippen molar-refractivity contribution >= 4 is 5.84 Å². The first-order valence-corrected chi connectivity index (χ1v) is 2.51. The Morgan fingerprint density at radius 2 is 2.56 bits per heavy atom. The molecule has 4 nitrogen and oxygen atoms in total. The standard InChI is InChI=1S/C5H7N3O/c1-5(7-9)8-3-2-6-4-8/h2-4,9H,1H3. The van der Waals surface area contributed by atoms with Crippen LogP contribution in [0.3, 0.4) is 0 Å². The average Bonchev–Trinajstić information content (AvgIpc) is 2.37. The van der Waals surface area contributed by atoms with Crippen LogP contribution in [0, 0.1) is 0 Å². The summed E-state index contributed by atoms with van der Waals surface area (Å²) in [6, 6.07) is 0. The lowest BCUT2D eigenvalue weighted by molar-refractivity contribution is 0.316. The number of hydrogen-bond acceptors (Lipinski definition) is 3. The summed E-state index contributed by atoms with van der Waals surface area (Å²) in [4.78, 5) is 3.76. The molecule has 0 fully saturated rings. The molecule has 1 heterocycles. The minimum Gasteiger partial charge on any atom is -0.409 e. The van der Waals surface area contributed by atoms with Gasteiger partial charge < -0.3 is 5.21 Å². The van der Waals surface area contributed by atoms with Crippen molar-refractivity contribution < 1.29 is 5.21 Å². The van der Waals surface area contributed by atoms with Crippen LogP contribution in [0.2, 0.25) is 0 Å². The van der Waals surface area contributed by atoms with E-state index in [2.05, 4.69) is 10.1 Å². The van der Waals surface area contributed by atoms with Crippen molar-refractivity contribution in [1.82, 2.24) is 9.55 Å². The highest BCUT2D eigenvalue weighted by Crippen LogP contribution is 1.84. The monoisotopic (exact) mass is 125 g/mol. The van der Waals surface area contributed by atoms with Crippen LogP contribution in [-0.2, 0) is 0 Å². The smallest absolute Gasteiger partial charge is 0.150 e. The Morgan fingerprint density at radius 1 is 1.78 bits per heavy atom. The average molecular weight is 125 g/mol. The molecule has 48 valence electrons. The molecule has 0 bridgehead atoms. The van der Waals surface area contributed by atoms with Gasteiger partial charge >= 0.3 is 0 Å². The Kier molecular flexibility index (Phi) is 1.48. The van der Waals surface area contributed by atoms with Crippen LogP contribution in [0.4, 0.5) is 0 Å². The van der Waals surface area contributed by atoms with Crippen molar-refractivity contribution in [2.24, 2.45) is 5.16 Å². The van der Waals surface area contributed by atoms with E-state index in [1.165, 1.54) is 0 Å². The van der Waals surface area contributed by atoms with Gasteiger partial charge in [-0.2, -0.15) is 0 Å². The van der Waals surface area contributed by atoms with E-state index in [1.54, 1.807) is 30.2 Å². The van der Waals surface area contributed by atoms with Crippen molar-refractivity contribution in [2.45, 2.75) is 6.92 Å². The highest BCUT2D eigenvalue weighted by Gasteiger charge is 1.90. The second-order valence-corrected chi connectivity index (χ2v) is 1.62. The van der Waals surface area contributed by atoms with E-state index in [0.29, 0.717) is 5.84 Å². The maximum absolute atomic E-state index is 8.25. The van der Waals surface area contributed by atoms with Crippen LogP contribution < -0.4 is 0 Å². The molecular weight excluding hydrogens is 118 g/mol. The molecule has 4 heteroatoms. The maximum Gasteiger partial charge on any atom is 0.150 e. The van der Waals surface area contributed by atoms with Crippen LogP contribution in [0.15, 0.2) is 23.9 Å². The van der Waals surface area contributed by atoms with Gasteiger partial charge in [0, 0.05) is 12.4 Å². The van der Waals surface area contributed by atoms with Crippen molar-refractivity contribution in [2.75, 3.05) is 0 Å². The summed E-state index contributed by atoms with van der Waals surface area (Å²) in [6.45, 7) is 1.68. The van der Waals surface area contributed by atoms with Crippen molar-refractivity contribution in [3.8, 4) is 0 Å². The van der Waals surface area contributed by atoms with Gasteiger partial charge in [0.05, 0.1) is 0 Å². The molecule has 0 atom stereocenters. The molecule has 0 unspecified atom stereocenters. The molecule has 1 rings (SSSR count). The molecule has 0 aliphatic rings. The fraction of sp³-hybridized carbons (Fsp3) is 0.200. The Bertz CT molecular complexity index is 202. The predicted octanol–water partition coefficient (Wildman–Crippen LogP) is 0.539. The highest BCUT2D eigenvalue weighted by molar-refractivity contribution is 5.80. The number of nitrogens with zero attached hydrogens (tertiary/aromatic N) is 3. The lowest BCUT2D eigenvalue weighted by Gasteiger charge is -1.93. The van der Waals surface area contributed by atoms with E-state index in [-0.39, 0.29) is 0 Å². The van der Waals surface area contributed by atoms with Gasteiger partial charge in [-0.1, -0.05) is 5.16 Å². The summed E-state index contributed by atoms with van der Waals surface area (Å²) in [6.07, 6.45) is 4.89. The lowest BCUT2D eigenvalue weighted by atomic mass is 10.6. The zero-order valence-corrected chi connectivity index (χ0v) is 5.02. The predicted molar refractivity (Wildman–Crippen MR) is 32.5 cm³/mol. The molecule has 1 N–H and O–H groups in total. The fourth-order valence-corrected chi connectivity index (χ4v) is 0.502. The van der Waals surface area contributed by atoms with E-state index >= 15 is 0 Å². The fourth-order valence-electron chi connectivity index (χ4n) is 0.502. The molecule has 9 heavy (non-hydrogen) atoms. The van der Waals surface area contributed by atoms with E-state index in [0.717, 1.165) is 0 Å². The van der Waals surface area contributed by atoms with Crippen molar-refractivity contribution in [1.29, 1.82) is 0 Å². The molecule has 0 radical (unpaired) electrons. The highest BCUT2D eigenvalue weighted by atomic mass is 16.4. The number of oxime groups is 1. The number of rotatable bonds is 0. The Hall–Kier alpha value is -1.32. The van der Waals surface area contributed by atoms with Gasteiger partial charge in [0.2, 0.25) is 0 Å². The van der Waals surface area contributed by atoms with Crippen LogP contribution >= 0.6 is 0 Å². The largest absolute Gasteiger partial charge is 0.409 e. The van der Waals surface area contributed by atoms with Crippen LogP contribution in [-0.4, -0.2) is 20.6 Å². The maximum atomic E-state index is 8.25. The lowest BCUT2D eigenvalue weighted by Crippen LogP contribution is -2.03. The third-order valence-corrected chi connectivity index (χ3v) is 1.02.